The van der Waals surface area contributed by atoms with E-state index in [-0.39, 0.29) is 23.1 Å². The van der Waals surface area contributed by atoms with Crippen molar-refractivity contribution in [3.05, 3.63) is 44.9 Å². The number of hydrogen-bond donors (Lipinski definition) is 2. The highest BCUT2D eigenvalue weighted by Gasteiger charge is 2.18. The maximum atomic E-state index is 12.2. The molecule has 1 aromatic heterocycles. The van der Waals surface area contributed by atoms with Gasteiger partial charge in [0.05, 0.1) is 16.6 Å². The smallest absolute Gasteiger partial charge is 0.242 e. The second kappa shape index (κ2) is 6.85. The van der Waals surface area contributed by atoms with Crippen LogP contribution in [-0.4, -0.2) is 25.1 Å². The molecule has 21 heavy (non-hydrogen) atoms. The predicted molar refractivity (Wildman–Crippen MR) is 83.1 cm³/mol. The van der Waals surface area contributed by atoms with Gasteiger partial charge in [0.25, 0.3) is 0 Å². The number of halogens is 1. The number of sulfonamides is 1. The van der Waals surface area contributed by atoms with Gasteiger partial charge in [-0.05, 0) is 24.6 Å². The van der Waals surface area contributed by atoms with Gasteiger partial charge in [-0.15, -0.1) is 11.3 Å². The number of aliphatic hydroxyl groups excluding tert-OH is 1. The van der Waals surface area contributed by atoms with Crippen LogP contribution >= 0.6 is 22.9 Å². The molecule has 0 amide bonds. The molecule has 0 aliphatic carbocycles. The van der Waals surface area contributed by atoms with Gasteiger partial charge in [-0.25, -0.2) is 18.1 Å². The molecule has 5 nitrogen and oxygen atoms in total. The van der Waals surface area contributed by atoms with Crippen molar-refractivity contribution in [1.29, 1.82) is 0 Å². The van der Waals surface area contributed by atoms with Crippen LogP contribution in [0.5, 0.6) is 0 Å². The van der Waals surface area contributed by atoms with Crippen LogP contribution in [0.3, 0.4) is 0 Å². The molecule has 0 saturated carbocycles. The fraction of sp³-hybridized carbons (Fsp3) is 0.308. The Kier molecular flexibility index (Phi) is 5.34. The molecule has 114 valence electrons. The zero-order valence-corrected chi connectivity index (χ0v) is 13.7. The topological polar surface area (TPSA) is 79.3 Å². The van der Waals surface area contributed by atoms with E-state index in [0.717, 1.165) is 10.7 Å². The largest absolute Gasteiger partial charge is 0.392 e. The van der Waals surface area contributed by atoms with E-state index in [1.807, 2.05) is 12.3 Å². The molecule has 0 bridgehead atoms. The standard InChI is InChI=1S/C13H15ClN2O3S2/c1-9-8-20-13(16-9)4-5-15-21(18,19)12-6-10(7-17)2-3-11(12)14/h2-3,6,8,15,17H,4-5,7H2,1H3. The van der Waals surface area contributed by atoms with Crippen molar-refractivity contribution in [3.63, 3.8) is 0 Å². The number of hydrogen-bond acceptors (Lipinski definition) is 5. The van der Waals surface area contributed by atoms with Crippen LogP contribution in [0.15, 0.2) is 28.5 Å². The minimum absolute atomic E-state index is 0.0222. The summed E-state index contributed by atoms with van der Waals surface area (Å²) in [5.41, 5.74) is 1.42. The quantitative estimate of drug-likeness (QED) is 0.839. The van der Waals surface area contributed by atoms with Crippen LogP contribution in [-0.2, 0) is 23.1 Å². The first kappa shape index (κ1) is 16.4. The van der Waals surface area contributed by atoms with E-state index >= 15 is 0 Å². The van der Waals surface area contributed by atoms with Gasteiger partial charge >= 0.3 is 0 Å². The zero-order valence-electron chi connectivity index (χ0n) is 11.3. The third-order valence-electron chi connectivity index (χ3n) is 2.77. The third-order valence-corrected chi connectivity index (χ3v) is 5.73. The summed E-state index contributed by atoms with van der Waals surface area (Å²) in [5.74, 6) is 0. The second-order valence-corrected chi connectivity index (χ2v) is 7.54. The lowest BCUT2D eigenvalue weighted by Crippen LogP contribution is -2.26. The fourth-order valence-electron chi connectivity index (χ4n) is 1.74. The third kappa shape index (κ3) is 4.24. The molecule has 0 radical (unpaired) electrons. The number of benzene rings is 1. The lowest BCUT2D eigenvalue weighted by Gasteiger charge is -2.09. The number of aryl methyl sites for hydroxylation is 1. The number of aromatic nitrogens is 1. The summed E-state index contributed by atoms with van der Waals surface area (Å²) in [6.07, 6.45) is 0.523. The van der Waals surface area contributed by atoms with Gasteiger partial charge in [0, 0.05) is 24.0 Å². The number of thiazole rings is 1. The molecule has 0 spiro atoms. The summed E-state index contributed by atoms with van der Waals surface area (Å²) in [4.78, 5) is 4.25. The first-order chi connectivity index (χ1) is 9.92. The molecule has 0 unspecified atom stereocenters. The van der Waals surface area contributed by atoms with Gasteiger partial charge in [0.15, 0.2) is 0 Å². The van der Waals surface area contributed by atoms with Crippen LogP contribution < -0.4 is 4.72 Å². The normalized spacial score (nSPS) is 11.8. The summed E-state index contributed by atoms with van der Waals surface area (Å²) >= 11 is 7.43. The summed E-state index contributed by atoms with van der Waals surface area (Å²) in [5, 5.41) is 12.0. The minimum Gasteiger partial charge on any atom is -0.392 e. The van der Waals surface area contributed by atoms with E-state index < -0.39 is 10.0 Å². The van der Waals surface area contributed by atoms with Gasteiger partial charge in [-0.2, -0.15) is 0 Å². The molecular weight excluding hydrogens is 332 g/mol. The van der Waals surface area contributed by atoms with E-state index in [4.69, 9.17) is 16.7 Å². The van der Waals surface area contributed by atoms with Gasteiger partial charge in [-0.3, -0.25) is 0 Å². The van der Waals surface area contributed by atoms with Crippen LogP contribution in [0.4, 0.5) is 0 Å². The Morgan fingerprint density at radius 1 is 1.43 bits per heavy atom. The number of rotatable bonds is 6. The monoisotopic (exact) mass is 346 g/mol. The van der Waals surface area contributed by atoms with Crippen molar-refractivity contribution in [3.8, 4) is 0 Å². The van der Waals surface area contributed by atoms with E-state index in [0.29, 0.717) is 12.0 Å². The van der Waals surface area contributed by atoms with Crippen molar-refractivity contribution in [2.75, 3.05) is 6.54 Å². The van der Waals surface area contributed by atoms with E-state index in [2.05, 4.69) is 9.71 Å². The average Bonchev–Trinajstić information content (AvgIpc) is 2.84. The van der Waals surface area contributed by atoms with Crippen LogP contribution in [0.25, 0.3) is 0 Å². The number of nitrogens with one attached hydrogen (secondary N) is 1. The molecule has 0 saturated heterocycles. The molecule has 2 N–H and O–H groups in total. The Bertz CT molecular complexity index is 729. The Balaban J connectivity index is 2.07. The SMILES string of the molecule is Cc1csc(CCNS(=O)(=O)c2cc(CO)ccc2Cl)n1. The van der Waals surface area contributed by atoms with Gasteiger partial charge in [0.2, 0.25) is 10.0 Å². The maximum Gasteiger partial charge on any atom is 0.242 e. The van der Waals surface area contributed by atoms with Crippen molar-refractivity contribution in [2.24, 2.45) is 0 Å². The highest BCUT2D eigenvalue weighted by atomic mass is 35.5. The van der Waals surface area contributed by atoms with Gasteiger partial charge in [0.1, 0.15) is 4.90 Å². The molecule has 0 atom stereocenters. The fourth-order valence-corrected chi connectivity index (χ4v) is 4.10. The van der Waals surface area contributed by atoms with Crippen LogP contribution in [0.1, 0.15) is 16.3 Å². The Labute approximate surface area is 132 Å². The predicted octanol–water partition coefficient (Wildman–Crippen LogP) is 2.12. The lowest BCUT2D eigenvalue weighted by atomic mass is 10.2. The molecule has 0 aliphatic rings. The highest BCUT2D eigenvalue weighted by molar-refractivity contribution is 7.89. The first-order valence-corrected chi connectivity index (χ1v) is 8.96. The summed E-state index contributed by atoms with van der Waals surface area (Å²) < 4.78 is 26.9. The van der Waals surface area contributed by atoms with Crippen LogP contribution in [0, 0.1) is 6.92 Å². The minimum atomic E-state index is -3.70. The molecule has 2 rings (SSSR count). The van der Waals surface area contributed by atoms with Crippen molar-refractivity contribution in [2.45, 2.75) is 24.8 Å². The molecule has 8 heteroatoms. The lowest BCUT2D eigenvalue weighted by molar-refractivity contribution is 0.281. The Morgan fingerprint density at radius 3 is 2.81 bits per heavy atom. The summed E-state index contributed by atoms with van der Waals surface area (Å²) in [7, 11) is -3.70. The van der Waals surface area contributed by atoms with Crippen molar-refractivity contribution in [1.82, 2.24) is 9.71 Å². The van der Waals surface area contributed by atoms with Crippen molar-refractivity contribution < 1.29 is 13.5 Å². The van der Waals surface area contributed by atoms with E-state index in [1.54, 1.807) is 6.07 Å². The second-order valence-electron chi connectivity index (χ2n) is 4.45. The molecule has 1 heterocycles. The zero-order chi connectivity index (χ0) is 15.5. The Morgan fingerprint density at radius 2 is 2.19 bits per heavy atom. The molecule has 0 fully saturated rings. The van der Waals surface area contributed by atoms with E-state index in [1.165, 1.54) is 23.5 Å². The van der Waals surface area contributed by atoms with Gasteiger partial charge in [-0.1, -0.05) is 17.7 Å². The van der Waals surface area contributed by atoms with Crippen LogP contribution in [0.2, 0.25) is 5.02 Å². The first-order valence-electron chi connectivity index (χ1n) is 6.22. The number of nitrogens with zero attached hydrogens (tertiary/aromatic N) is 1. The van der Waals surface area contributed by atoms with Crippen molar-refractivity contribution >= 4 is 33.0 Å². The average molecular weight is 347 g/mol. The summed E-state index contributed by atoms with van der Waals surface area (Å²) in [6.45, 7) is 1.90. The Hall–Kier alpha value is -0.990. The van der Waals surface area contributed by atoms with E-state index in [9.17, 15) is 8.42 Å². The molecule has 0 aliphatic heterocycles. The highest BCUT2D eigenvalue weighted by Crippen LogP contribution is 2.22. The van der Waals surface area contributed by atoms with Gasteiger partial charge < -0.3 is 5.11 Å². The summed E-state index contributed by atoms with van der Waals surface area (Å²) in [6, 6.07) is 4.42. The molecule has 2 aromatic rings. The number of aliphatic hydroxyl groups is 1. The molecule has 1 aromatic carbocycles. The molecular formula is C13H15ClN2O3S2. The maximum absolute atomic E-state index is 12.2.